The molecule has 2 aromatic rings. The van der Waals surface area contributed by atoms with Crippen LogP contribution in [-0.2, 0) is 9.53 Å². The number of hydrogen-bond acceptors (Lipinski definition) is 6. The van der Waals surface area contributed by atoms with E-state index in [0.29, 0.717) is 0 Å². The second-order valence-electron chi connectivity index (χ2n) is 5.69. The molecule has 29 heavy (non-hydrogen) atoms. The molecule has 0 bridgehead atoms. The van der Waals surface area contributed by atoms with Crippen molar-refractivity contribution in [3.63, 3.8) is 0 Å². The van der Waals surface area contributed by atoms with Gasteiger partial charge in [0.25, 0.3) is 5.91 Å². The van der Waals surface area contributed by atoms with Crippen molar-refractivity contribution < 1.29 is 32.2 Å². The number of alkyl halides is 3. The number of ether oxygens (including phenoxy) is 2. The molecule has 1 atom stereocenters. The van der Waals surface area contributed by atoms with Crippen LogP contribution in [-0.4, -0.2) is 41.9 Å². The van der Waals surface area contributed by atoms with Crippen LogP contribution in [0.3, 0.4) is 0 Å². The molecule has 0 aliphatic heterocycles. The number of benzene rings is 1. The molecule has 0 saturated heterocycles. The summed E-state index contributed by atoms with van der Waals surface area (Å²) >= 11 is 0. The molecule has 0 spiro atoms. The number of pyridine rings is 1. The van der Waals surface area contributed by atoms with Gasteiger partial charge in [-0.3, -0.25) is 4.79 Å². The first-order valence-corrected chi connectivity index (χ1v) is 8.72. The van der Waals surface area contributed by atoms with Gasteiger partial charge in [0.1, 0.15) is 11.6 Å². The predicted molar refractivity (Wildman–Crippen MR) is 98.4 cm³/mol. The first-order valence-electron chi connectivity index (χ1n) is 8.72. The third-order valence-corrected chi connectivity index (χ3v) is 3.72. The Morgan fingerprint density at radius 2 is 1.72 bits per heavy atom. The Labute approximate surface area is 165 Å². The first kappa shape index (κ1) is 22.0. The highest BCUT2D eigenvalue weighted by atomic mass is 19.4. The lowest BCUT2D eigenvalue weighted by molar-refractivity contribution is -0.204. The molecule has 1 amide bonds. The third kappa shape index (κ3) is 4.95. The van der Waals surface area contributed by atoms with Gasteiger partial charge in [0.15, 0.2) is 0 Å². The summed E-state index contributed by atoms with van der Waals surface area (Å²) in [5.41, 5.74) is -3.73. The predicted octanol–water partition coefficient (Wildman–Crippen LogP) is 3.14. The molecular weight excluding hydrogens is 391 g/mol. The van der Waals surface area contributed by atoms with E-state index in [-0.39, 0.29) is 30.3 Å². The van der Waals surface area contributed by atoms with Gasteiger partial charge in [0.2, 0.25) is 0 Å². The van der Waals surface area contributed by atoms with Crippen molar-refractivity contribution in [1.29, 1.82) is 0 Å². The van der Waals surface area contributed by atoms with Crippen molar-refractivity contribution >= 4 is 17.7 Å². The molecule has 1 aromatic carbocycles. The summed E-state index contributed by atoms with van der Waals surface area (Å²) in [6.07, 6.45) is -4.02. The van der Waals surface area contributed by atoms with E-state index in [0.717, 1.165) is 0 Å². The first-order chi connectivity index (χ1) is 13.7. The summed E-state index contributed by atoms with van der Waals surface area (Å²) in [7, 11) is 0. The number of aromatic nitrogens is 1. The van der Waals surface area contributed by atoms with Gasteiger partial charge in [0, 0.05) is 6.20 Å². The van der Waals surface area contributed by atoms with Gasteiger partial charge >= 0.3 is 17.8 Å². The molecule has 0 aliphatic carbocycles. The lowest BCUT2D eigenvalue weighted by atomic mass is 10.1. The Bertz CT molecular complexity index is 846. The maximum atomic E-state index is 14.1. The molecule has 7 nitrogen and oxygen atoms in total. The van der Waals surface area contributed by atoms with E-state index in [2.05, 4.69) is 9.72 Å². The Morgan fingerprint density at radius 1 is 1.03 bits per heavy atom. The van der Waals surface area contributed by atoms with Crippen LogP contribution in [0.25, 0.3) is 0 Å². The third-order valence-electron chi connectivity index (χ3n) is 3.72. The molecule has 10 heteroatoms. The van der Waals surface area contributed by atoms with Crippen LogP contribution < -0.4 is 15.4 Å². The number of halogens is 3. The summed E-state index contributed by atoms with van der Waals surface area (Å²) in [6.45, 7) is 2.88. The van der Waals surface area contributed by atoms with Crippen LogP contribution in [0.4, 0.5) is 19.0 Å². The number of esters is 1. The number of hydrogen-bond donors (Lipinski definition) is 2. The Kier molecular flexibility index (Phi) is 7.03. The number of anilines is 1. The number of para-hydroxylation sites is 1. The summed E-state index contributed by atoms with van der Waals surface area (Å²) in [5.74, 6) is -3.11. The number of rotatable bonds is 8. The van der Waals surface area contributed by atoms with Crippen LogP contribution in [0.5, 0.6) is 5.75 Å². The fourth-order valence-electron chi connectivity index (χ4n) is 2.43. The zero-order chi connectivity index (χ0) is 21.5. The standard InChI is InChI=1S/C19H20F3N3O4/c1-3-28-14-10-6-5-9-13(14)16(26)25-18(19(20,21)22,17(27)29-4-2)24-15-11-7-8-12-23-15/h5-12H,3-4H2,1-2H3,(H,23,24)(H,25,26)/t18-/m0/s1. The number of amides is 1. The van der Waals surface area contributed by atoms with Crippen LogP contribution in [0.1, 0.15) is 24.2 Å². The molecule has 0 fully saturated rings. The normalized spacial score (nSPS) is 13.1. The van der Waals surface area contributed by atoms with Gasteiger partial charge in [-0.2, -0.15) is 13.2 Å². The molecule has 156 valence electrons. The molecule has 0 saturated carbocycles. The van der Waals surface area contributed by atoms with E-state index in [1.165, 1.54) is 49.5 Å². The van der Waals surface area contributed by atoms with Crippen molar-refractivity contribution in [2.45, 2.75) is 25.7 Å². The minimum Gasteiger partial charge on any atom is -0.493 e. The quantitative estimate of drug-likeness (QED) is 0.513. The van der Waals surface area contributed by atoms with Gasteiger partial charge in [-0.15, -0.1) is 0 Å². The highest BCUT2D eigenvalue weighted by molar-refractivity contribution is 6.01. The van der Waals surface area contributed by atoms with E-state index >= 15 is 0 Å². The summed E-state index contributed by atoms with van der Waals surface area (Å²) in [5, 5.41) is 3.73. The number of carbonyl (C=O) groups is 2. The highest BCUT2D eigenvalue weighted by Crippen LogP contribution is 2.33. The molecule has 0 unspecified atom stereocenters. The van der Waals surface area contributed by atoms with Crippen molar-refractivity contribution in [3.05, 3.63) is 54.2 Å². The van der Waals surface area contributed by atoms with E-state index < -0.39 is 23.7 Å². The van der Waals surface area contributed by atoms with Gasteiger partial charge in [-0.05, 0) is 38.1 Å². The molecule has 0 radical (unpaired) electrons. The average Bonchev–Trinajstić information content (AvgIpc) is 2.68. The van der Waals surface area contributed by atoms with E-state index in [4.69, 9.17) is 4.74 Å². The zero-order valence-electron chi connectivity index (χ0n) is 15.7. The molecule has 2 N–H and O–H groups in total. The highest BCUT2D eigenvalue weighted by Gasteiger charge is 2.64. The Hall–Kier alpha value is -3.30. The van der Waals surface area contributed by atoms with E-state index in [1.807, 2.05) is 5.32 Å². The van der Waals surface area contributed by atoms with Crippen molar-refractivity contribution in [2.75, 3.05) is 18.5 Å². The molecule has 0 aliphatic rings. The number of nitrogens with one attached hydrogen (secondary N) is 2. The zero-order valence-corrected chi connectivity index (χ0v) is 15.7. The number of nitrogens with zero attached hydrogens (tertiary/aromatic N) is 1. The van der Waals surface area contributed by atoms with E-state index in [9.17, 15) is 22.8 Å². The minimum absolute atomic E-state index is 0.0743. The molecule has 2 rings (SSSR count). The van der Waals surface area contributed by atoms with Crippen molar-refractivity contribution in [3.8, 4) is 5.75 Å². The van der Waals surface area contributed by atoms with Gasteiger partial charge in [-0.25, -0.2) is 9.78 Å². The lowest BCUT2D eigenvalue weighted by Crippen LogP contribution is -2.69. The SMILES string of the molecule is CCOC(=O)[C@@](NC(=O)c1ccccc1OCC)(Nc1ccccn1)C(F)(F)F. The van der Waals surface area contributed by atoms with Gasteiger partial charge in [-0.1, -0.05) is 18.2 Å². The summed E-state index contributed by atoms with van der Waals surface area (Å²) in [4.78, 5) is 28.9. The smallest absolute Gasteiger partial charge is 0.441 e. The maximum Gasteiger partial charge on any atom is 0.441 e. The van der Waals surface area contributed by atoms with Crippen molar-refractivity contribution in [2.24, 2.45) is 0 Å². The van der Waals surface area contributed by atoms with Gasteiger partial charge < -0.3 is 20.1 Å². The topological polar surface area (TPSA) is 89.5 Å². The minimum atomic E-state index is -5.26. The molecule has 1 aromatic heterocycles. The lowest BCUT2D eigenvalue weighted by Gasteiger charge is -2.35. The fourth-order valence-corrected chi connectivity index (χ4v) is 2.43. The second kappa shape index (κ2) is 9.26. The monoisotopic (exact) mass is 411 g/mol. The summed E-state index contributed by atoms with van der Waals surface area (Å²) < 4.78 is 52.3. The Balaban J connectivity index is 2.51. The molecule has 1 heterocycles. The van der Waals surface area contributed by atoms with Crippen LogP contribution in [0, 0.1) is 0 Å². The maximum absolute atomic E-state index is 14.1. The van der Waals surface area contributed by atoms with Crippen LogP contribution >= 0.6 is 0 Å². The fraction of sp³-hybridized carbons (Fsp3) is 0.316. The average molecular weight is 411 g/mol. The largest absolute Gasteiger partial charge is 0.493 e. The number of carbonyl (C=O) groups excluding carboxylic acids is 2. The second-order valence-corrected chi connectivity index (χ2v) is 5.69. The molecular formula is C19H20F3N3O4. The van der Waals surface area contributed by atoms with Gasteiger partial charge in [0.05, 0.1) is 18.8 Å². The van der Waals surface area contributed by atoms with Crippen molar-refractivity contribution in [1.82, 2.24) is 10.3 Å². The van der Waals surface area contributed by atoms with Crippen LogP contribution in [0.15, 0.2) is 48.7 Å². The Morgan fingerprint density at radius 3 is 2.31 bits per heavy atom. The van der Waals surface area contributed by atoms with Crippen LogP contribution in [0.2, 0.25) is 0 Å². The summed E-state index contributed by atoms with van der Waals surface area (Å²) in [6, 6.07) is 9.88. The van der Waals surface area contributed by atoms with E-state index in [1.54, 1.807) is 18.3 Å².